The fraction of sp³-hybridized carbons (Fsp3) is 0.467. The zero-order valence-electron chi connectivity index (χ0n) is 13.6. The van der Waals surface area contributed by atoms with Gasteiger partial charge in [-0.15, -0.1) is 13.2 Å². The average Bonchev–Trinajstić information content (AvgIpc) is 2.61. The van der Waals surface area contributed by atoms with E-state index in [1.165, 1.54) is 10.9 Å². The summed E-state index contributed by atoms with van der Waals surface area (Å²) in [6, 6.07) is -0.138. The van der Waals surface area contributed by atoms with E-state index < -0.39 is 17.8 Å². The van der Waals surface area contributed by atoms with Crippen LogP contribution in [0.1, 0.15) is 31.7 Å². The van der Waals surface area contributed by atoms with Crippen molar-refractivity contribution < 1.29 is 22.6 Å². The largest absolute Gasteiger partial charge is 0.574 e. The van der Waals surface area contributed by atoms with E-state index in [1.54, 1.807) is 0 Å². The van der Waals surface area contributed by atoms with E-state index in [-0.39, 0.29) is 28.1 Å². The monoisotopic (exact) mass is 424 g/mol. The molecule has 1 aliphatic carbocycles. The van der Waals surface area contributed by atoms with Gasteiger partial charge in [0.05, 0.1) is 29.7 Å². The van der Waals surface area contributed by atoms with Gasteiger partial charge in [0.1, 0.15) is 11.1 Å². The lowest BCUT2D eigenvalue weighted by Crippen LogP contribution is -2.33. The highest BCUT2D eigenvalue weighted by molar-refractivity contribution is 6.41. The van der Waals surface area contributed by atoms with Crippen LogP contribution < -0.4 is 15.0 Å². The number of rotatable bonds is 4. The summed E-state index contributed by atoms with van der Waals surface area (Å²) in [6.45, 7) is 0. The van der Waals surface area contributed by atoms with Gasteiger partial charge in [-0.2, -0.15) is 5.10 Å². The summed E-state index contributed by atoms with van der Waals surface area (Å²) >= 11 is 11.6. The van der Waals surface area contributed by atoms with Gasteiger partial charge in [-0.1, -0.05) is 23.2 Å². The fourth-order valence-corrected chi connectivity index (χ4v) is 3.06. The molecule has 0 radical (unpaired) electrons. The van der Waals surface area contributed by atoms with Crippen LogP contribution in [0.4, 0.5) is 13.2 Å². The SMILES string of the molecule is O=c1c(Cl)c(Cl)cnn1C1CCC(Oc2cnc(OC(F)(F)F)cn2)CC1. The highest BCUT2D eigenvalue weighted by atomic mass is 35.5. The number of alkyl halides is 3. The lowest BCUT2D eigenvalue weighted by atomic mass is 9.93. The number of halogens is 5. The van der Waals surface area contributed by atoms with E-state index in [0.717, 1.165) is 12.4 Å². The van der Waals surface area contributed by atoms with Crippen molar-refractivity contribution in [2.24, 2.45) is 0 Å². The van der Waals surface area contributed by atoms with E-state index in [0.29, 0.717) is 25.7 Å². The number of hydrogen-bond donors (Lipinski definition) is 0. The maximum atomic E-state index is 12.1. The Labute approximate surface area is 161 Å². The topological polar surface area (TPSA) is 79.1 Å². The molecule has 146 valence electrons. The van der Waals surface area contributed by atoms with Crippen LogP contribution in [0.25, 0.3) is 0 Å². The van der Waals surface area contributed by atoms with Crippen molar-refractivity contribution in [1.29, 1.82) is 0 Å². The molecule has 27 heavy (non-hydrogen) atoms. The van der Waals surface area contributed by atoms with Crippen LogP contribution in [0, 0.1) is 0 Å². The molecule has 0 bridgehead atoms. The summed E-state index contributed by atoms with van der Waals surface area (Å²) in [5, 5.41) is 4.06. The Balaban J connectivity index is 1.57. The number of aromatic nitrogens is 4. The molecule has 1 aliphatic rings. The minimum Gasteiger partial charge on any atom is -0.473 e. The van der Waals surface area contributed by atoms with Gasteiger partial charge in [0.25, 0.3) is 5.56 Å². The Morgan fingerprint density at radius 3 is 2.26 bits per heavy atom. The van der Waals surface area contributed by atoms with Crippen molar-refractivity contribution in [3.8, 4) is 11.8 Å². The Morgan fingerprint density at radius 1 is 1.04 bits per heavy atom. The van der Waals surface area contributed by atoms with Crippen molar-refractivity contribution in [3.63, 3.8) is 0 Å². The molecule has 12 heteroatoms. The predicted octanol–water partition coefficient (Wildman–Crippen LogP) is 3.80. The average molecular weight is 425 g/mol. The second-order valence-corrected chi connectivity index (χ2v) is 6.63. The van der Waals surface area contributed by atoms with Gasteiger partial charge in [-0.05, 0) is 25.7 Å². The zero-order chi connectivity index (χ0) is 19.6. The van der Waals surface area contributed by atoms with Crippen molar-refractivity contribution in [2.75, 3.05) is 0 Å². The van der Waals surface area contributed by atoms with E-state index in [4.69, 9.17) is 27.9 Å². The molecule has 7 nitrogen and oxygen atoms in total. The first-order valence-electron chi connectivity index (χ1n) is 7.90. The number of hydrogen-bond acceptors (Lipinski definition) is 6. The highest BCUT2D eigenvalue weighted by Gasteiger charge is 2.32. The second kappa shape index (κ2) is 7.89. The molecule has 3 rings (SSSR count). The molecular formula is C15H13Cl2F3N4O3. The van der Waals surface area contributed by atoms with E-state index in [9.17, 15) is 18.0 Å². The Hall–Kier alpha value is -2.07. The minimum atomic E-state index is -4.83. The molecule has 0 unspecified atom stereocenters. The van der Waals surface area contributed by atoms with Crippen LogP contribution in [0.5, 0.6) is 11.8 Å². The first-order chi connectivity index (χ1) is 12.7. The molecule has 0 spiro atoms. The third kappa shape index (κ3) is 5.01. The Bertz CT molecular complexity index is 853. The standard InChI is InChI=1S/C15H13Cl2F3N4O3/c16-10-5-23-24(14(25)13(10)17)8-1-3-9(4-2-8)26-11-6-22-12(7-21-11)27-15(18,19)20/h5-9H,1-4H2. The van der Waals surface area contributed by atoms with Crippen molar-refractivity contribution in [3.05, 3.63) is 39.0 Å². The molecule has 0 atom stereocenters. The predicted molar refractivity (Wildman–Crippen MR) is 89.2 cm³/mol. The first kappa shape index (κ1) is 19.7. The molecule has 2 aromatic heterocycles. The quantitative estimate of drug-likeness (QED) is 0.742. The molecular weight excluding hydrogens is 412 g/mol. The van der Waals surface area contributed by atoms with Crippen molar-refractivity contribution in [1.82, 2.24) is 19.7 Å². The van der Waals surface area contributed by atoms with Crippen LogP contribution in [0.15, 0.2) is 23.4 Å². The second-order valence-electron chi connectivity index (χ2n) is 5.85. The molecule has 0 amide bonds. The third-order valence-electron chi connectivity index (χ3n) is 4.00. The summed E-state index contributed by atoms with van der Waals surface area (Å²) in [5.74, 6) is -0.568. The number of nitrogens with zero attached hydrogens (tertiary/aromatic N) is 4. The smallest absolute Gasteiger partial charge is 0.473 e. The maximum Gasteiger partial charge on any atom is 0.574 e. The van der Waals surface area contributed by atoms with Crippen molar-refractivity contribution in [2.45, 2.75) is 44.2 Å². The van der Waals surface area contributed by atoms with Crippen LogP contribution >= 0.6 is 23.2 Å². The van der Waals surface area contributed by atoms with Crippen LogP contribution in [-0.2, 0) is 0 Å². The molecule has 1 saturated carbocycles. The number of ether oxygens (including phenoxy) is 2. The Kier molecular flexibility index (Phi) is 5.75. The van der Waals surface area contributed by atoms with Gasteiger partial charge in [0, 0.05) is 0 Å². The zero-order valence-corrected chi connectivity index (χ0v) is 15.1. The molecule has 2 heterocycles. The highest BCUT2D eigenvalue weighted by Crippen LogP contribution is 2.30. The molecule has 0 aliphatic heterocycles. The van der Waals surface area contributed by atoms with Crippen LogP contribution in [0.2, 0.25) is 10.0 Å². The normalized spacial score (nSPS) is 20.3. The van der Waals surface area contributed by atoms with Gasteiger partial charge in [-0.3, -0.25) is 4.79 Å². The summed E-state index contributed by atoms with van der Waals surface area (Å²) in [6.07, 6.45) is 0.620. The van der Waals surface area contributed by atoms with E-state index in [2.05, 4.69) is 19.8 Å². The molecule has 0 saturated heterocycles. The first-order valence-corrected chi connectivity index (χ1v) is 8.66. The molecule has 1 fully saturated rings. The van der Waals surface area contributed by atoms with Gasteiger partial charge >= 0.3 is 6.36 Å². The maximum absolute atomic E-state index is 12.1. The minimum absolute atomic E-state index is 0.0681. The van der Waals surface area contributed by atoms with Crippen LogP contribution in [0.3, 0.4) is 0 Å². The van der Waals surface area contributed by atoms with Gasteiger partial charge in [-0.25, -0.2) is 14.6 Å². The van der Waals surface area contributed by atoms with Gasteiger partial charge < -0.3 is 9.47 Å². The lowest BCUT2D eigenvalue weighted by Gasteiger charge is -2.29. The fourth-order valence-electron chi connectivity index (χ4n) is 2.80. The summed E-state index contributed by atoms with van der Waals surface area (Å²) < 4.78 is 46.9. The molecule has 0 N–H and O–H groups in total. The summed E-state index contributed by atoms with van der Waals surface area (Å²) in [7, 11) is 0. The van der Waals surface area contributed by atoms with Crippen molar-refractivity contribution >= 4 is 23.2 Å². The molecule has 2 aromatic rings. The lowest BCUT2D eigenvalue weighted by molar-refractivity contribution is -0.276. The van der Waals surface area contributed by atoms with E-state index >= 15 is 0 Å². The van der Waals surface area contributed by atoms with Gasteiger partial charge in [0.2, 0.25) is 11.8 Å². The summed E-state index contributed by atoms with van der Waals surface area (Å²) in [5.41, 5.74) is -0.445. The van der Waals surface area contributed by atoms with Gasteiger partial charge in [0.15, 0.2) is 0 Å². The van der Waals surface area contributed by atoms with Crippen LogP contribution in [-0.4, -0.2) is 32.2 Å². The Morgan fingerprint density at radius 2 is 1.67 bits per heavy atom. The third-order valence-corrected chi connectivity index (χ3v) is 4.75. The van der Waals surface area contributed by atoms with E-state index in [1.807, 2.05) is 0 Å². The summed E-state index contributed by atoms with van der Waals surface area (Å²) in [4.78, 5) is 19.4. The molecule has 0 aromatic carbocycles.